The Morgan fingerprint density at radius 2 is 1.82 bits per heavy atom. The fourth-order valence-corrected chi connectivity index (χ4v) is 1.91. The minimum atomic E-state index is -0.362. The SMILES string of the molecule is CCOC(=O)c1ccc(C#Cc2ccc(C)cc2)c(OC)c1. The smallest absolute Gasteiger partial charge is 0.338 e. The number of esters is 1. The third-order valence-corrected chi connectivity index (χ3v) is 3.11. The van der Waals surface area contributed by atoms with Gasteiger partial charge in [0.2, 0.25) is 0 Å². The molecule has 0 atom stereocenters. The van der Waals surface area contributed by atoms with Crippen molar-refractivity contribution in [3.8, 4) is 17.6 Å². The third kappa shape index (κ3) is 3.89. The third-order valence-electron chi connectivity index (χ3n) is 3.11. The van der Waals surface area contributed by atoms with Gasteiger partial charge in [-0.3, -0.25) is 0 Å². The van der Waals surface area contributed by atoms with Crippen LogP contribution in [0.2, 0.25) is 0 Å². The minimum absolute atomic E-state index is 0.343. The Bertz CT molecular complexity index is 719. The fourth-order valence-electron chi connectivity index (χ4n) is 1.91. The highest BCUT2D eigenvalue weighted by molar-refractivity contribution is 5.90. The maximum atomic E-state index is 11.7. The van der Waals surface area contributed by atoms with Crippen LogP contribution >= 0.6 is 0 Å². The maximum absolute atomic E-state index is 11.7. The number of ether oxygens (including phenoxy) is 2. The van der Waals surface area contributed by atoms with Crippen molar-refractivity contribution in [3.05, 3.63) is 64.7 Å². The van der Waals surface area contributed by atoms with Crippen LogP contribution in [0.15, 0.2) is 42.5 Å². The van der Waals surface area contributed by atoms with Crippen molar-refractivity contribution in [2.75, 3.05) is 13.7 Å². The van der Waals surface area contributed by atoms with Gasteiger partial charge in [0.15, 0.2) is 0 Å². The second-order valence-electron chi connectivity index (χ2n) is 4.75. The van der Waals surface area contributed by atoms with E-state index < -0.39 is 0 Å². The van der Waals surface area contributed by atoms with E-state index >= 15 is 0 Å². The van der Waals surface area contributed by atoms with Crippen LogP contribution < -0.4 is 4.74 Å². The van der Waals surface area contributed by atoms with Crippen LogP contribution in [0.1, 0.15) is 34.0 Å². The Morgan fingerprint density at radius 1 is 1.09 bits per heavy atom. The van der Waals surface area contributed by atoms with E-state index in [9.17, 15) is 4.79 Å². The zero-order valence-electron chi connectivity index (χ0n) is 13.0. The Hall–Kier alpha value is -2.73. The van der Waals surface area contributed by atoms with Gasteiger partial charge in [-0.2, -0.15) is 0 Å². The predicted octanol–water partition coefficient (Wildman–Crippen LogP) is 3.58. The normalized spacial score (nSPS) is 9.59. The molecule has 0 aliphatic rings. The first-order chi connectivity index (χ1) is 10.6. The van der Waals surface area contributed by atoms with Crippen LogP contribution in [0.25, 0.3) is 0 Å². The topological polar surface area (TPSA) is 35.5 Å². The summed E-state index contributed by atoms with van der Waals surface area (Å²) in [7, 11) is 1.56. The van der Waals surface area contributed by atoms with Crippen LogP contribution in [-0.2, 0) is 4.74 Å². The quantitative estimate of drug-likeness (QED) is 0.641. The van der Waals surface area contributed by atoms with Gasteiger partial charge in [0.05, 0.1) is 24.8 Å². The molecule has 0 radical (unpaired) electrons. The molecule has 0 aliphatic heterocycles. The molecule has 0 aromatic heterocycles. The molecule has 0 saturated heterocycles. The molecule has 22 heavy (non-hydrogen) atoms. The molecule has 2 aromatic rings. The maximum Gasteiger partial charge on any atom is 0.338 e. The zero-order chi connectivity index (χ0) is 15.9. The lowest BCUT2D eigenvalue weighted by Crippen LogP contribution is -2.05. The van der Waals surface area contributed by atoms with Crippen LogP contribution in [0.4, 0.5) is 0 Å². The second-order valence-corrected chi connectivity index (χ2v) is 4.75. The summed E-state index contributed by atoms with van der Waals surface area (Å²) in [6.07, 6.45) is 0. The number of methoxy groups -OCH3 is 1. The van der Waals surface area contributed by atoms with Crippen molar-refractivity contribution in [2.45, 2.75) is 13.8 Å². The summed E-state index contributed by atoms with van der Waals surface area (Å²) in [6.45, 7) is 4.15. The predicted molar refractivity (Wildman–Crippen MR) is 86.1 cm³/mol. The monoisotopic (exact) mass is 294 g/mol. The Morgan fingerprint density at radius 3 is 2.45 bits per heavy atom. The Labute approximate surface area is 130 Å². The molecular weight excluding hydrogens is 276 g/mol. The molecule has 0 unspecified atom stereocenters. The minimum Gasteiger partial charge on any atom is -0.495 e. The summed E-state index contributed by atoms with van der Waals surface area (Å²) in [4.78, 5) is 11.7. The second kappa shape index (κ2) is 7.33. The van der Waals surface area contributed by atoms with Crippen molar-refractivity contribution in [1.82, 2.24) is 0 Å². The van der Waals surface area contributed by atoms with E-state index in [2.05, 4.69) is 11.8 Å². The molecule has 2 rings (SSSR count). The van der Waals surface area contributed by atoms with Gasteiger partial charge in [-0.25, -0.2) is 4.79 Å². The molecule has 0 N–H and O–H groups in total. The lowest BCUT2D eigenvalue weighted by atomic mass is 10.1. The van der Waals surface area contributed by atoms with Gasteiger partial charge in [0, 0.05) is 5.56 Å². The van der Waals surface area contributed by atoms with Crippen molar-refractivity contribution in [1.29, 1.82) is 0 Å². The molecule has 3 heteroatoms. The Kier molecular flexibility index (Phi) is 5.21. The van der Waals surface area contributed by atoms with Crippen LogP contribution in [0.5, 0.6) is 5.75 Å². The molecule has 0 heterocycles. The molecule has 0 spiro atoms. The molecule has 0 fully saturated rings. The highest BCUT2D eigenvalue weighted by Crippen LogP contribution is 2.20. The first-order valence-electron chi connectivity index (χ1n) is 7.08. The van der Waals surface area contributed by atoms with Gasteiger partial charge in [-0.1, -0.05) is 29.5 Å². The van der Waals surface area contributed by atoms with Gasteiger partial charge in [-0.15, -0.1) is 0 Å². The highest BCUT2D eigenvalue weighted by atomic mass is 16.5. The first-order valence-corrected chi connectivity index (χ1v) is 7.08. The number of hydrogen-bond donors (Lipinski definition) is 0. The van der Waals surface area contributed by atoms with E-state index in [-0.39, 0.29) is 5.97 Å². The number of benzene rings is 2. The van der Waals surface area contributed by atoms with E-state index in [1.54, 1.807) is 32.2 Å². The highest BCUT2D eigenvalue weighted by Gasteiger charge is 2.09. The van der Waals surface area contributed by atoms with Gasteiger partial charge in [0.25, 0.3) is 0 Å². The van der Waals surface area contributed by atoms with Gasteiger partial charge in [0.1, 0.15) is 5.75 Å². The summed E-state index contributed by atoms with van der Waals surface area (Å²) in [5.41, 5.74) is 3.32. The molecule has 2 aromatic carbocycles. The van der Waals surface area contributed by atoms with Crippen LogP contribution in [0.3, 0.4) is 0 Å². The van der Waals surface area contributed by atoms with E-state index in [1.807, 2.05) is 31.2 Å². The molecule has 0 bridgehead atoms. The summed E-state index contributed by atoms with van der Waals surface area (Å²) in [6, 6.07) is 13.1. The fraction of sp³-hybridized carbons (Fsp3) is 0.211. The molecular formula is C19H18O3. The largest absolute Gasteiger partial charge is 0.495 e. The van der Waals surface area contributed by atoms with E-state index in [4.69, 9.17) is 9.47 Å². The van der Waals surface area contributed by atoms with Gasteiger partial charge < -0.3 is 9.47 Å². The average Bonchev–Trinajstić information content (AvgIpc) is 2.54. The van der Waals surface area contributed by atoms with Gasteiger partial charge in [-0.05, 0) is 44.2 Å². The summed E-state index contributed by atoms with van der Waals surface area (Å²) in [5, 5.41) is 0. The van der Waals surface area contributed by atoms with Crippen molar-refractivity contribution in [2.24, 2.45) is 0 Å². The van der Waals surface area contributed by atoms with Crippen molar-refractivity contribution >= 4 is 5.97 Å². The standard InChI is InChI=1S/C19H18O3/c1-4-22-19(20)17-12-11-16(18(13-17)21-3)10-9-15-7-5-14(2)6-8-15/h5-8,11-13H,4H2,1-3H3. The first kappa shape index (κ1) is 15.7. The summed E-state index contributed by atoms with van der Waals surface area (Å²) >= 11 is 0. The molecule has 112 valence electrons. The van der Waals surface area contributed by atoms with Gasteiger partial charge >= 0.3 is 5.97 Å². The van der Waals surface area contributed by atoms with E-state index in [0.717, 1.165) is 11.1 Å². The number of aryl methyl sites for hydroxylation is 1. The van der Waals surface area contributed by atoms with E-state index in [0.29, 0.717) is 17.9 Å². The number of rotatable bonds is 3. The van der Waals surface area contributed by atoms with E-state index in [1.165, 1.54) is 5.56 Å². The molecule has 0 aliphatic carbocycles. The summed E-state index contributed by atoms with van der Waals surface area (Å²) in [5.74, 6) is 6.36. The molecule has 3 nitrogen and oxygen atoms in total. The number of carbonyl (C=O) groups is 1. The van der Waals surface area contributed by atoms with Crippen molar-refractivity contribution < 1.29 is 14.3 Å². The zero-order valence-corrected chi connectivity index (χ0v) is 13.0. The van der Waals surface area contributed by atoms with Crippen molar-refractivity contribution in [3.63, 3.8) is 0 Å². The average molecular weight is 294 g/mol. The lowest BCUT2D eigenvalue weighted by molar-refractivity contribution is 0.0526. The number of hydrogen-bond acceptors (Lipinski definition) is 3. The Balaban J connectivity index is 2.28. The molecule has 0 saturated carbocycles. The lowest BCUT2D eigenvalue weighted by Gasteiger charge is -2.06. The van der Waals surface area contributed by atoms with Crippen LogP contribution in [0, 0.1) is 18.8 Å². The summed E-state index contributed by atoms with van der Waals surface area (Å²) < 4.78 is 10.3. The molecule has 0 amide bonds. The number of carbonyl (C=O) groups excluding carboxylic acids is 1. The van der Waals surface area contributed by atoms with Crippen LogP contribution in [-0.4, -0.2) is 19.7 Å².